The second-order valence-electron chi connectivity index (χ2n) is 8.81. The average Bonchev–Trinajstić information content (AvgIpc) is 2.90. The van der Waals surface area contributed by atoms with Gasteiger partial charge in [-0.1, -0.05) is 70.2 Å². The van der Waals surface area contributed by atoms with Crippen LogP contribution in [0.25, 0.3) is 0 Å². The van der Waals surface area contributed by atoms with Crippen LogP contribution in [-0.2, 0) is 22.6 Å². The molecule has 0 aliphatic rings. The van der Waals surface area contributed by atoms with E-state index in [4.69, 9.17) is 9.47 Å². The molecule has 0 saturated heterocycles. The molecule has 2 amide bonds. The van der Waals surface area contributed by atoms with Gasteiger partial charge in [0.25, 0.3) is 0 Å². The van der Waals surface area contributed by atoms with Crippen molar-refractivity contribution in [1.82, 2.24) is 15.1 Å². The van der Waals surface area contributed by atoms with Crippen molar-refractivity contribution in [3.05, 3.63) is 65.7 Å². The number of carbonyl (C=O) groups is 2. The van der Waals surface area contributed by atoms with E-state index in [9.17, 15) is 9.59 Å². The fourth-order valence-corrected chi connectivity index (χ4v) is 3.99. The lowest BCUT2D eigenvalue weighted by Gasteiger charge is -2.27. The highest BCUT2D eigenvalue weighted by Crippen LogP contribution is 2.15. The maximum Gasteiger partial charge on any atom is 0.408 e. The molecule has 7 heteroatoms. The summed E-state index contributed by atoms with van der Waals surface area (Å²) in [6.07, 6.45) is 1.50. The van der Waals surface area contributed by atoms with Gasteiger partial charge in [0.05, 0.1) is 0 Å². The summed E-state index contributed by atoms with van der Waals surface area (Å²) in [7, 11) is 0. The second kappa shape index (κ2) is 16.6. The third-order valence-corrected chi connectivity index (χ3v) is 6.04. The third-order valence-electron chi connectivity index (χ3n) is 6.04. The van der Waals surface area contributed by atoms with Gasteiger partial charge in [0.15, 0.2) is 0 Å². The summed E-state index contributed by atoms with van der Waals surface area (Å²) in [4.78, 5) is 30.1. The zero-order chi connectivity index (χ0) is 26.2. The van der Waals surface area contributed by atoms with Crippen molar-refractivity contribution in [2.75, 3.05) is 39.3 Å². The van der Waals surface area contributed by atoms with Gasteiger partial charge in [-0.05, 0) is 49.2 Å². The predicted octanol–water partition coefficient (Wildman–Crippen LogP) is 4.89. The number of hydrogen-bond acceptors (Lipinski definition) is 5. The molecule has 2 aromatic rings. The molecule has 0 saturated carbocycles. The van der Waals surface area contributed by atoms with E-state index in [-0.39, 0.29) is 12.5 Å². The van der Waals surface area contributed by atoms with Crippen LogP contribution >= 0.6 is 0 Å². The summed E-state index contributed by atoms with van der Waals surface area (Å²) in [5.74, 6) is 0.706. The largest absolute Gasteiger partial charge is 0.492 e. The minimum Gasteiger partial charge on any atom is -0.492 e. The Kier molecular flexibility index (Phi) is 13.4. The van der Waals surface area contributed by atoms with Crippen molar-refractivity contribution in [2.24, 2.45) is 0 Å². The first-order valence-corrected chi connectivity index (χ1v) is 13.2. The Morgan fingerprint density at radius 3 is 2.06 bits per heavy atom. The van der Waals surface area contributed by atoms with Crippen LogP contribution in [0.15, 0.2) is 54.6 Å². The van der Waals surface area contributed by atoms with Crippen LogP contribution in [0.1, 0.15) is 51.7 Å². The highest BCUT2D eigenvalue weighted by molar-refractivity contribution is 5.86. The van der Waals surface area contributed by atoms with Crippen LogP contribution in [0, 0.1) is 0 Å². The van der Waals surface area contributed by atoms with E-state index in [0.717, 1.165) is 49.4 Å². The monoisotopic (exact) mass is 497 g/mol. The first-order valence-electron chi connectivity index (χ1n) is 13.2. The molecule has 0 aromatic heterocycles. The third kappa shape index (κ3) is 10.3. The molecule has 7 nitrogen and oxygen atoms in total. The smallest absolute Gasteiger partial charge is 0.408 e. The highest BCUT2D eigenvalue weighted by Gasteiger charge is 2.26. The number of amides is 2. The Bertz CT molecular complexity index is 879. The van der Waals surface area contributed by atoms with Crippen molar-refractivity contribution in [3.8, 4) is 5.75 Å². The van der Waals surface area contributed by atoms with Crippen molar-refractivity contribution in [2.45, 2.75) is 59.6 Å². The molecule has 2 aromatic carbocycles. The first-order chi connectivity index (χ1) is 17.5. The minimum absolute atomic E-state index is 0.0880. The van der Waals surface area contributed by atoms with E-state index in [2.05, 4.69) is 24.1 Å². The van der Waals surface area contributed by atoms with Gasteiger partial charge in [0, 0.05) is 26.1 Å². The van der Waals surface area contributed by atoms with Gasteiger partial charge in [-0.3, -0.25) is 4.79 Å². The lowest BCUT2D eigenvalue weighted by molar-refractivity contribution is -0.133. The number of likely N-dealkylation sites (N-methyl/N-ethyl adjacent to an activating group) is 1. The first kappa shape index (κ1) is 29.2. The molecule has 0 unspecified atom stereocenters. The number of benzene rings is 2. The maximum atomic E-state index is 13.4. The molecule has 0 aliphatic carbocycles. The standard InChI is InChI=1S/C29H43N3O4/c1-5-18-32(19-6-2)28(33)27(30-29(34)36-23-25-12-10-9-11-13-25)22-24-14-16-26(17-15-24)35-21-20-31(7-3)8-4/h9-17,27H,5-8,18-23H2,1-4H3,(H,30,34)/t27-/m1/s1. The van der Waals surface area contributed by atoms with Crippen LogP contribution in [-0.4, -0.2) is 67.2 Å². The second-order valence-corrected chi connectivity index (χ2v) is 8.81. The highest BCUT2D eigenvalue weighted by atomic mass is 16.5. The van der Waals surface area contributed by atoms with Crippen molar-refractivity contribution < 1.29 is 19.1 Å². The molecular formula is C29H43N3O4. The molecular weight excluding hydrogens is 454 g/mol. The molecule has 36 heavy (non-hydrogen) atoms. The number of ether oxygens (including phenoxy) is 2. The van der Waals surface area contributed by atoms with Gasteiger partial charge in [-0.25, -0.2) is 4.79 Å². The van der Waals surface area contributed by atoms with Crippen LogP contribution < -0.4 is 10.1 Å². The average molecular weight is 498 g/mol. The molecule has 0 aliphatic heterocycles. The molecule has 0 heterocycles. The van der Waals surface area contributed by atoms with Gasteiger partial charge in [-0.2, -0.15) is 0 Å². The zero-order valence-corrected chi connectivity index (χ0v) is 22.4. The Morgan fingerprint density at radius 1 is 0.833 bits per heavy atom. The fourth-order valence-electron chi connectivity index (χ4n) is 3.99. The zero-order valence-electron chi connectivity index (χ0n) is 22.4. The molecule has 1 N–H and O–H groups in total. The van der Waals surface area contributed by atoms with E-state index in [1.807, 2.05) is 73.3 Å². The molecule has 0 bridgehead atoms. The van der Waals surface area contributed by atoms with E-state index in [1.165, 1.54) is 0 Å². The van der Waals surface area contributed by atoms with Crippen molar-refractivity contribution in [3.63, 3.8) is 0 Å². The fraction of sp³-hybridized carbons (Fsp3) is 0.517. The Balaban J connectivity index is 2.04. The number of alkyl carbamates (subject to hydrolysis) is 1. The summed E-state index contributed by atoms with van der Waals surface area (Å²) in [6.45, 7) is 13.4. The summed E-state index contributed by atoms with van der Waals surface area (Å²) < 4.78 is 11.3. The summed E-state index contributed by atoms with van der Waals surface area (Å²) in [5, 5.41) is 2.82. The Labute approximate surface area is 216 Å². The Morgan fingerprint density at radius 2 is 1.47 bits per heavy atom. The van der Waals surface area contributed by atoms with E-state index in [0.29, 0.717) is 26.1 Å². The van der Waals surface area contributed by atoms with Crippen LogP contribution in [0.5, 0.6) is 5.75 Å². The van der Waals surface area contributed by atoms with Gasteiger partial charge >= 0.3 is 6.09 Å². The SMILES string of the molecule is CCCN(CCC)C(=O)[C@@H](Cc1ccc(OCCN(CC)CC)cc1)NC(=O)OCc1ccccc1. The molecule has 0 spiro atoms. The topological polar surface area (TPSA) is 71.1 Å². The lowest BCUT2D eigenvalue weighted by Crippen LogP contribution is -2.50. The number of nitrogens with one attached hydrogen (secondary N) is 1. The number of nitrogens with zero attached hydrogens (tertiary/aromatic N) is 2. The number of hydrogen-bond donors (Lipinski definition) is 1. The van der Waals surface area contributed by atoms with E-state index >= 15 is 0 Å². The molecule has 198 valence electrons. The van der Waals surface area contributed by atoms with Crippen molar-refractivity contribution >= 4 is 12.0 Å². The van der Waals surface area contributed by atoms with Crippen molar-refractivity contribution in [1.29, 1.82) is 0 Å². The maximum absolute atomic E-state index is 13.4. The predicted molar refractivity (Wildman–Crippen MR) is 144 cm³/mol. The molecule has 0 radical (unpaired) electrons. The quantitative estimate of drug-likeness (QED) is 0.357. The Hall–Kier alpha value is -3.06. The molecule has 0 fully saturated rings. The summed E-state index contributed by atoms with van der Waals surface area (Å²) >= 11 is 0. The van der Waals surface area contributed by atoms with Crippen LogP contribution in [0.4, 0.5) is 4.79 Å². The van der Waals surface area contributed by atoms with Gasteiger partial charge in [0.2, 0.25) is 5.91 Å². The van der Waals surface area contributed by atoms with Crippen LogP contribution in [0.2, 0.25) is 0 Å². The van der Waals surface area contributed by atoms with Gasteiger partial charge < -0.3 is 24.6 Å². The van der Waals surface area contributed by atoms with E-state index < -0.39 is 12.1 Å². The summed E-state index contributed by atoms with van der Waals surface area (Å²) in [6, 6.07) is 16.5. The van der Waals surface area contributed by atoms with Gasteiger partial charge in [0.1, 0.15) is 25.0 Å². The molecule has 2 rings (SSSR count). The minimum atomic E-state index is -0.708. The summed E-state index contributed by atoms with van der Waals surface area (Å²) in [5.41, 5.74) is 1.84. The number of rotatable bonds is 16. The normalized spacial score (nSPS) is 11.7. The lowest BCUT2D eigenvalue weighted by atomic mass is 10.0. The van der Waals surface area contributed by atoms with Crippen LogP contribution in [0.3, 0.4) is 0 Å². The number of carbonyl (C=O) groups excluding carboxylic acids is 2. The van der Waals surface area contributed by atoms with Gasteiger partial charge in [-0.15, -0.1) is 0 Å². The molecule has 1 atom stereocenters. The van der Waals surface area contributed by atoms with E-state index in [1.54, 1.807) is 0 Å².